The second kappa shape index (κ2) is 16.8. The summed E-state index contributed by atoms with van der Waals surface area (Å²) < 4.78 is 5.34. The van der Waals surface area contributed by atoms with Crippen molar-refractivity contribution in [2.24, 2.45) is 5.73 Å². The lowest BCUT2D eigenvalue weighted by Crippen LogP contribution is -2.54. The molecule has 0 aliphatic rings. The number of primary amides is 1. The third-order valence-corrected chi connectivity index (χ3v) is 6.30. The number of amides is 4. The van der Waals surface area contributed by atoms with Crippen molar-refractivity contribution < 1.29 is 23.9 Å². The number of benzene rings is 1. The molecule has 1 rings (SSSR count). The Labute approximate surface area is 234 Å². The summed E-state index contributed by atoms with van der Waals surface area (Å²) in [5, 5.41) is 5.59. The fourth-order valence-corrected chi connectivity index (χ4v) is 4.36. The summed E-state index contributed by atoms with van der Waals surface area (Å²) >= 11 is 0. The highest BCUT2D eigenvalue weighted by Gasteiger charge is 2.37. The number of nitrogens with two attached hydrogens (primary N) is 1. The third kappa shape index (κ3) is 12.5. The van der Waals surface area contributed by atoms with Crippen LogP contribution in [-0.2, 0) is 25.5 Å². The quantitative estimate of drug-likeness (QED) is 0.257. The van der Waals surface area contributed by atoms with E-state index in [0.717, 1.165) is 44.1 Å². The molecule has 9 nitrogen and oxygen atoms in total. The Kier molecular flexibility index (Phi) is 14.6. The molecule has 1 aromatic rings. The van der Waals surface area contributed by atoms with E-state index >= 15 is 0 Å². The number of aryl methyl sites for hydroxylation is 1. The number of nitrogens with zero attached hydrogens (tertiary/aromatic N) is 1. The molecule has 0 aliphatic carbocycles. The predicted octanol–water partition coefficient (Wildman–Crippen LogP) is 4.77. The lowest BCUT2D eigenvalue weighted by atomic mass is 9.99. The predicted molar refractivity (Wildman–Crippen MR) is 154 cm³/mol. The molecular weight excluding hydrogens is 496 g/mol. The highest BCUT2D eigenvalue weighted by Crippen LogP contribution is 2.25. The average molecular weight is 547 g/mol. The minimum absolute atomic E-state index is 0.0849. The van der Waals surface area contributed by atoms with Crippen molar-refractivity contribution in [1.82, 2.24) is 15.5 Å². The minimum Gasteiger partial charge on any atom is -0.444 e. The van der Waals surface area contributed by atoms with Gasteiger partial charge in [-0.05, 0) is 58.1 Å². The Balaban J connectivity index is 3.52. The van der Waals surface area contributed by atoms with Crippen LogP contribution in [0, 0.1) is 0 Å². The lowest BCUT2D eigenvalue weighted by molar-refractivity contribution is -0.143. The van der Waals surface area contributed by atoms with E-state index in [1.54, 1.807) is 20.8 Å². The number of carbonyl (C=O) groups is 4. The molecule has 0 saturated carbocycles. The number of alkyl carbamates (subject to hydrolysis) is 1. The van der Waals surface area contributed by atoms with Crippen LogP contribution >= 0.6 is 0 Å². The van der Waals surface area contributed by atoms with Crippen molar-refractivity contribution in [2.75, 3.05) is 6.54 Å². The van der Waals surface area contributed by atoms with Gasteiger partial charge in [0.1, 0.15) is 17.7 Å². The zero-order chi connectivity index (χ0) is 29.6. The molecule has 0 radical (unpaired) electrons. The zero-order valence-corrected chi connectivity index (χ0v) is 25.0. The van der Waals surface area contributed by atoms with Crippen LogP contribution in [0.25, 0.3) is 0 Å². The summed E-state index contributed by atoms with van der Waals surface area (Å²) in [6, 6.07) is 5.32. The first-order valence-corrected chi connectivity index (χ1v) is 14.3. The summed E-state index contributed by atoms with van der Waals surface area (Å²) in [5.74, 6) is -1.61. The summed E-state index contributed by atoms with van der Waals surface area (Å²) in [4.78, 5) is 53.9. The molecule has 4 amide bonds. The van der Waals surface area contributed by atoms with Gasteiger partial charge in [-0.3, -0.25) is 14.4 Å². The molecule has 0 aliphatic heterocycles. The highest BCUT2D eigenvalue weighted by molar-refractivity contribution is 5.94. The molecule has 0 bridgehead atoms. The molecular formula is C30H50N4O5. The number of ether oxygens (including phenoxy) is 1. The van der Waals surface area contributed by atoms with Gasteiger partial charge in [0.2, 0.25) is 17.7 Å². The zero-order valence-electron chi connectivity index (χ0n) is 25.0. The van der Waals surface area contributed by atoms with Crippen LogP contribution in [0.15, 0.2) is 24.3 Å². The summed E-state index contributed by atoms with van der Waals surface area (Å²) in [5.41, 5.74) is 6.44. The van der Waals surface area contributed by atoms with Crippen LogP contribution in [0.1, 0.15) is 111 Å². The van der Waals surface area contributed by atoms with Crippen molar-refractivity contribution >= 4 is 23.8 Å². The van der Waals surface area contributed by atoms with E-state index in [9.17, 15) is 19.2 Å². The largest absolute Gasteiger partial charge is 0.444 e. The summed E-state index contributed by atoms with van der Waals surface area (Å²) in [6.07, 6.45) is 4.81. The molecule has 39 heavy (non-hydrogen) atoms. The Morgan fingerprint density at radius 3 is 2.10 bits per heavy atom. The second-order valence-corrected chi connectivity index (χ2v) is 11.2. The number of rotatable bonds is 16. The van der Waals surface area contributed by atoms with E-state index in [1.807, 2.05) is 45.0 Å². The van der Waals surface area contributed by atoms with Crippen molar-refractivity contribution in [1.29, 1.82) is 0 Å². The molecule has 0 aromatic heterocycles. The van der Waals surface area contributed by atoms with E-state index in [2.05, 4.69) is 17.6 Å². The molecule has 3 atom stereocenters. The van der Waals surface area contributed by atoms with Gasteiger partial charge in [-0.15, -0.1) is 0 Å². The fourth-order valence-electron chi connectivity index (χ4n) is 4.36. The van der Waals surface area contributed by atoms with Gasteiger partial charge >= 0.3 is 6.09 Å². The van der Waals surface area contributed by atoms with Crippen LogP contribution in [0.2, 0.25) is 0 Å². The Hall–Kier alpha value is -3.10. The van der Waals surface area contributed by atoms with Crippen LogP contribution < -0.4 is 16.4 Å². The summed E-state index contributed by atoms with van der Waals surface area (Å²) in [7, 11) is 0. The van der Waals surface area contributed by atoms with Crippen molar-refractivity contribution in [3.05, 3.63) is 35.4 Å². The van der Waals surface area contributed by atoms with Crippen LogP contribution in [0.4, 0.5) is 4.79 Å². The number of hydrogen-bond donors (Lipinski definition) is 3. The van der Waals surface area contributed by atoms with Crippen molar-refractivity contribution in [3.63, 3.8) is 0 Å². The molecule has 9 heteroatoms. The average Bonchev–Trinajstić information content (AvgIpc) is 2.84. The van der Waals surface area contributed by atoms with Gasteiger partial charge in [-0.1, -0.05) is 70.7 Å². The van der Waals surface area contributed by atoms with Gasteiger partial charge < -0.3 is 26.0 Å². The molecule has 1 aromatic carbocycles. The first kappa shape index (κ1) is 33.9. The van der Waals surface area contributed by atoms with Gasteiger partial charge in [0.25, 0.3) is 0 Å². The van der Waals surface area contributed by atoms with Gasteiger partial charge in [0, 0.05) is 12.6 Å². The topological polar surface area (TPSA) is 131 Å². The van der Waals surface area contributed by atoms with Crippen LogP contribution in [0.3, 0.4) is 0 Å². The first-order chi connectivity index (χ1) is 18.3. The van der Waals surface area contributed by atoms with Crippen molar-refractivity contribution in [3.8, 4) is 0 Å². The van der Waals surface area contributed by atoms with Gasteiger partial charge in [-0.25, -0.2) is 4.79 Å². The summed E-state index contributed by atoms with van der Waals surface area (Å²) in [6.45, 7) is 13.5. The third-order valence-electron chi connectivity index (χ3n) is 6.30. The Morgan fingerprint density at radius 2 is 1.59 bits per heavy atom. The SMILES string of the molecule is CCCCCCN(C(=O)C(CC(N)=O)NC(=O)OC(C)(C)C)C(C(=O)NC(C)CCC)c1ccc(CC)cc1. The molecule has 220 valence electrons. The Bertz CT molecular complexity index is 926. The minimum atomic E-state index is -1.28. The molecule has 0 fully saturated rings. The van der Waals surface area contributed by atoms with E-state index in [-0.39, 0.29) is 18.5 Å². The normalized spacial score (nSPS) is 13.6. The highest BCUT2D eigenvalue weighted by atomic mass is 16.6. The fraction of sp³-hybridized carbons (Fsp3) is 0.667. The maximum atomic E-state index is 14.1. The van der Waals surface area contributed by atoms with Crippen LogP contribution in [-0.4, -0.2) is 52.9 Å². The van der Waals surface area contributed by atoms with Gasteiger partial charge in [-0.2, -0.15) is 0 Å². The maximum absolute atomic E-state index is 14.1. The van der Waals surface area contributed by atoms with Gasteiger partial charge in [0.05, 0.1) is 6.42 Å². The van der Waals surface area contributed by atoms with Crippen molar-refractivity contribution in [2.45, 2.75) is 124 Å². The standard InChI is InChI=1S/C30H50N4O5/c1-8-11-12-13-19-34(28(37)24(20-25(31)35)33-29(38)39-30(5,6)7)26(27(36)32-21(4)14-9-2)23-17-15-22(10-3)16-18-23/h15-18,21,24,26H,8-14,19-20H2,1-7H3,(H2,31,35)(H,32,36)(H,33,38). The Morgan fingerprint density at radius 1 is 0.949 bits per heavy atom. The molecule has 4 N–H and O–H groups in total. The number of nitrogens with one attached hydrogen (secondary N) is 2. The second-order valence-electron chi connectivity index (χ2n) is 11.2. The number of unbranched alkanes of at least 4 members (excludes halogenated alkanes) is 3. The molecule has 0 heterocycles. The van der Waals surface area contributed by atoms with E-state index in [4.69, 9.17) is 10.5 Å². The lowest BCUT2D eigenvalue weighted by Gasteiger charge is -2.35. The molecule has 0 saturated heterocycles. The van der Waals surface area contributed by atoms with E-state index in [1.165, 1.54) is 4.90 Å². The maximum Gasteiger partial charge on any atom is 0.408 e. The van der Waals surface area contributed by atoms with E-state index < -0.39 is 42.0 Å². The number of hydrogen-bond acceptors (Lipinski definition) is 5. The number of carbonyl (C=O) groups excluding carboxylic acids is 4. The smallest absolute Gasteiger partial charge is 0.408 e. The molecule has 3 unspecified atom stereocenters. The van der Waals surface area contributed by atoms with Crippen LogP contribution in [0.5, 0.6) is 0 Å². The van der Waals surface area contributed by atoms with E-state index in [0.29, 0.717) is 12.0 Å². The monoisotopic (exact) mass is 546 g/mol. The molecule has 0 spiro atoms. The first-order valence-electron chi connectivity index (χ1n) is 14.3. The van der Waals surface area contributed by atoms with Gasteiger partial charge in [0.15, 0.2) is 0 Å².